The molecule has 0 amide bonds. The van der Waals surface area contributed by atoms with E-state index in [4.69, 9.17) is 18.7 Å². The second-order valence-corrected chi connectivity index (χ2v) is 9.66. The molecule has 0 spiro atoms. The lowest BCUT2D eigenvalue weighted by Gasteiger charge is -2.44. The fourth-order valence-electron chi connectivity index (χ4n) is 2.73. The lowest BCUT2D eigenvalue weighted by Crippen LogP contribution is -2.63. The summed E-state index contributed by atoms with van der Waals surface area (Å²) in [4.78, 5) is 0. The molecule has 160 valence electrons. The van der Waals surface area contributed by atoms with E-state index in [9.17, 15) is 40.3 Å². The van der Waals surface area contributed by atoms with Gasteiger partial charge in [-0.05, 0) is 0 Å². The third kappa shape index (κ3) is 5.44. The average Bonchev–Trinajstić information content (AvgIpc) is 2.60. The average molecular weight is 418 g/mol. The summed E-state index contributed by atoms with van der Waals surface area (Å²) in [5.41, 5.74) is 0. The Morgan fingerprint density at radius 2 is 1.22 bits per heavy atom. The van der Waals surface area contributed by atoms with Crippen molar-refractivity contribution in [1.82, 2.24) is 0 Å². The molecule has 0 aromatic carbocycles. The first kappa shape index (κ1) is 23.1. The minimum atomic E-state index is -2.92. The van der Waals surface area contributed by atoms with Crippen molar-refractivity contribution in [1.29, 1.82) is 0 Å². The van der Waals surface area contributed by atoms with Crippen LogP contribution in [0.3, 0.4) is 0 Å². The van der Waals surface area contributed by atoms with Gasteiger partial charge in [-0.1, -0.05) is 0 Å². The van der Waals surface area contributed by atoms with E-state index >= 15 is 0 Å². The van der Waals surface area contributed by atoms with Crippen molar-refractivity contribution in [3.63, 3.8) is 0 Å². The van der Waals surface area contributed by atoms with Crippen LogP contribution in [0.1, 0.15) is 0 Å². The molecule has 13 heteroatoms. The minimum absolute atomic E-state index is 0.371. The number of hydrogen-bond donors (Lipinski definition) is 7. The van der Waals surface area contributed by atoms with Crippen LogP contribution in [0.4, 0.5) is 0 Å². The predicted octanol–water partition coefficient (Wildman–Crippen LogP) is -3.84. The molecule has 0 aliphatic carbocycles. The van der Waals surface area contributed by atoms with Crippen LogP contribution in [0.2, 0.25) is 0 Å². The molecule has 2 saturated heterocycles. The molecule has 7 N–H and O–H groups in total. The zero-order chi connectivity index (χ0) is 20.5. The summed E-state index contributed by atoms with van der Waals surface area (Å²) in [6.45, 7) is 1.63. The summed E-state index contributed by atoms with van der Waals surface area (Å²) >= 11 is 0. The fourth-order valence-corrected chi connectivity index (χ4v) is 3.24. The summed E-state index contributed by atoms with van der Waals surface area (Å²) in [5, 5.41) is 68.7. The second-order valence-electron chi connectivity index (χ2n) is 6.90. The van der Waals surface area contributed by atoms with Gasteiger partial charge in [0.15, 0.2) is 19.9 Å². The summed E-state index contributed by atoms with van der Waals surface area (Å²) in [6, 6.07) is 0. The van der Waals surface area contributed by atoms with Gasteiger partial charge in [-0.25, -0.2) is 0 Å². The smallest absolute Gasteiger partial charge is 0.197 e. The van der Waals surface area contributed by atoms with Gasteiger partial charge < -0.3 is 54.5 Å². The maximum absolute atomic E-state index is 11.7. The van der Waals surface area contributed by atoms with Crippen molar-refractivity contribution >= 4 is 7.37 Å². The largest absolute Gasteiger partial charge is 0.394 e. The van der Waals surface area contributed by atoms with Gasteiger partial charge >= 0.3 is 0 Å². The monoisotopic (exact) mass is 418 g/mol. The Bertz CT molecular complexity index is 526. The van der Waals surface area contributed by atoms with Gasteiger partial charge in [0.05, 0.1) is 13.2 Å². The molecular formula is C14H27O12P. The standard InChI is InChI=1S/C14H27O12P/c1-27(2,22)23-4-6-8(17)10(19)12(21)14(25-6)26-13-11(20)9(18)7(16)5(3-15)24-13/h5-21H,3-4H2,1-2H3/t5?,6?,7-,8-,9?,10+,11?,12?,13-,14-/m1/s1. The molecule has 5 unspecified atom stereocenters. The maximum atomic E-state index is 11.7. The summed E-state index contributed by atoms with van der Waals surface area (Å²) in [7, 11) is -2.92. The van der Waals surface area contributed by atoms with Gasteiger partial charge in [0.25, 0.3) is 0 Å². The van der Waals surface area contributed by atoms with Crippen molar-refractivity contribution < 1.29 is 59.0 Å². The van der Waals surface area contributed by atoms with Crippen LogP contribution in [0, 0.1) is 0 Å². The van der Waals surface area contributed by atoms with E-state index in [0.717, 1.165) is 0 Å². The number of hydrogen-bond acceptors (Lipinski definition) is 12. The predicted molar refractivity (Wildman–Crippen MR) is 86.9 cm³/mol. The highest BCUT2D eigenvalue weighted by atomic mass is 31.2. The van der Waals surface area contributed by atoms with Crippen LogP contribution in [0.5, 0.6) is 0 Å². The fraction of sp³-hybridized carbons (Fsp3) is 1.00. The molecule has 0 radical (unpaired) electrons. The highest BCUT2D eigenvalue weighted by molar-refractivity contribution is 7.57. The van der Waals surface area contributed by atoms with Crippen LogP contribution in [-0.4, -0.2) is 124 Å². The van der Waals surface area contributed by atoms with E-state index in [0.29, 0.717) is 0 Å². The summed E-state index contributed by atoms with van der Waals surface area (Å²) in [5.74, 6) is 0. The molecule has 0 saturated carbocycles. The van der Waals surface area contributed by atoms with E-state index in [2.05, 4.69) is 0 Å². The van der Waals surface area contributed by atoms with Crippen LogP contribution < -0.4 is 0 Å². The van der Waals surface area contributed by atoms with E-state index in [1.165, 1.54) is 13.3 Å². The Morgan fingerprint density at radius 1 is 0.778 bits per heavy atom. The topological polar surface area (TPSA) is 196 Å². The van der Waals surface area contributed by atoms with Crippen molar-refractivity contribution in [2.24, 2.45) is 0 Å². The van der Waals surface area contributed by atoms with Crippen LogP contribution in [-0.2, 0) is 23.3 Å². The third-order valence-corrected chi connectivity index (χ3v) is 5.11. The maximum Gasteiger partial charge on any atom is 0.197 e. The highest BCUT2D eigenvalue weighted by Crippen LogP contribution is 2.38. The van der Waals surface area contributed by atoms with Gasteiger partial charge in [0.2, 0.25) is 0 Å². The first-order chi connectivity index (χ1) is 12.5. The Labute approximate surface area is 155 Å². The van der Waals surface area contributed by atoms with E-state index in [1.807, 2.05) is 0 Å². The first-order valence-corrected chi connectivity index (χ1v) is 10.8. The lowest BCUT2D eigenvalue weighted by molar-refractivity contribution is -0.376. The minimum Gasteiger partial charge on any atom is -0.394 e. The quantitative estimate of drug-likeness (QED) is 0.208. The van der Waals surface area contributed by atoms with Gasteiger partial charge in [-0.15, -0.1) is 0 Å². The Balaban J connectivity index is 2.08. The zero-order valence-corrected chi connectivity index (χ0v) is 15.7. The molecule has 2 fully saturated rings. The summed E-state index contributed by atoms with van der Waals surface area (Å²) < 4.78 is 32.5. The molecule has 0 aromatic rings. The number of rotatable bonds is 6. The molecule has 0 aromatic heterocycles. The van der Waals surface area contributed by atoms with Crippen molar-refractivity contribution in [2.45, 2.75) is 61.4 Å². The molecule has 2 heterocycles. The van der Waals surface area contributed by atoms with Crippen molar-refractivity contribution in [2.75, 3.05) is 26.5 Å². The van der Waals surface area contributed by atoms with E-state index in [1.54, 1.807) is 0 Å². The van der Waals surface area contributed by atoms with Crippen LogP contribution in [0.15, 0.2) is 0 Å². The molecule has 2 rings (SSSR count). The number of aliphatic hydroxyl groups excluding tert-OH is 7. The summed E-state index contributed by atoms with van der Waals surface area (Å²) in [6.07, 6.45) is -15.8. The Kier molecular flexibility index (Phi) is 7.76. The highest BCUT2D eigenvalue weighted by Gasteiger charge is 2.49. The van der Waals surface area contributed by atoms with E-state index < -0.39 is 75.4 Å². The zero-order valence-electron chi connectivity index (χ0n) is 14.8. The third-order valence-electron chi connectivity index (χ3n) is 4.33. The van der Waals surface area contributed by atoms with Gasteiger partial charge in [-0.3, -0.25) is 4.57 Å². The van der Waals surface area contributed by atoms with Gasteiger partial charge in [0.1, 0.15) is 48.8 Å². The molecule has 10 atom stereocenters. The molecule has 2 aliphatic heterocycles. The van der Waals surface area contributed by atoms with Crippen molar-refractivity contribution in [3.05, 3.63) is 0 Å². The van der Waals surface area contributed by atoms with E-state index in [-0.39, 0.29) is 6.61 Å². The van der Waals surface area contributed by atoms with Crippen LogP contribution in [0.25, 0.3) is 0 Å². The first-order valence-electron chi connectivity index (χ1n) is 8.31. The SMILES string of the molecule is CP(C)(=O)OCC1O[C@H](O[C@H]2OC(CO)[C@@H](O)C(O)C2O)C(O)[C@@H](O)[C@@H]1O. The van der Waals surface area contributed by atoms with Crippen molar-refractivity contribution in [3.8, 4) is 0 Å². The second kappa shape index (κ2) is 9.08. The normalized spacial score (nSPS) is 46.4. The Hall–Kier alpha value is -0.210. The molecule has 0 bridgehead atoms. The molecule has 12 nitrogen and oxygen atoms in total. The molecule has 27 heavy (non-hydrogen) atoms. The lowest BCUT2D eigenvalue weighted by atomic mass is 9.98. The number of aliphatic hydroxyl groups is 7. The van der Waals surface area contributed by atoms with Crippen LogP contribution >= 0.6 is 7.37 Å². The van der Waals surface area contributed by atoms with Gasteiger partial charge in [0, 0.05) is 13.3 Å². The number of ether oxygens (including phenoxy) is 3. The van der Waals surface area contributed by atoms with Gasteiger partial charge in [-0.2, -0.15) is 0 Å². The Morgan fingerprint density at radius 3 is 1.67 bits per heavy atom. The molecular weight excluding hydrogens is 391 g/mol. The molecule has 2 aliphatic rings.